The van der Waals surface area contributed by atoms with Crippen LogP contribution in [0, 0.1) is 12.7 Å². The molecule has 1 aromatic rings. The fourth-order valence-corrected chi connectivity index (χ4v) is 1.72. The van der Waals surface area contributed by atoms with Gasteiger partial charge in [0, 0.05) is 4.90 Å². The van der Waals surface area contributed by atoms with Gasteiger partial charge in [-0.15, -0.1) is 11.8 Å². The second-order valence-corrected chi connectivity index (χ2v) is 4.06. The van der Waals surface area contributed by atoms with E-state index in [1.807, 2.05) is 0 Å². The molecule has 0 fully saturated rings. The van der Waals surface area contributed by atoms with E-state index >= 15 is 0 Å². The zero-order chi connectivity index (χ0) is 9.84. The zero-order valence-electron chi connectivity index (χ0n) is 7.33. The van der Waals surface area contributed by atoms with Crippen LogP contribution in [0.1, 0.15) is 5.56 Å². The Morgan fingerprint density at radius 3 is 2.85 bits per heavy atom. The van der Waals surface area contributed by atoms with Crippen LogP contribution in [0.15, 0.2) is 23.1 Å². The number of halogens is 1. The van der Waals surface area contributed by atoms with Crippen LogP contribution in [0.25, 0.3) is 0 Å². The Morgan fingerprint density at radius 1 is 1.62 bits per heavy atom. The predicted molar refractivity (Wildman–Crippen MR) is 52.1 cm³/mol. The number of hydrogen-bond acceptors (Lipinski definition) is 3. The Hall–Kier alpha value is -0.580. The molecular weight excluding hydrogens is 189 g/mol. The average molecular weight is 201 g/mol. The summed E-state index contributed by atoms with van der Waals surface area (Å²) in [6.07, 6.45) is 0. The van der Waals surface area contributed by atoms with E-state index < -0.39 is 0 Å². The number of nitrogens with two attached hydrogens (primary N) is 1. The van der Waals surface area contributed by atoms with Gasteiger partial charge in [-0.1, -0.05) is 0 Å². The minimum atomic E-state index is -0.343. The first-order valence-electron chi connectivity index (χ1n) is 3.92. The Bertz CT molecular complexity index is 293. The zero-order valence-corrected chi connectivity index (χ0v) is 8.14. The standard InChI is InChI=1S/C9H12FNOS/c1-6-4-7(2-3-8(6)10)13-9(11)5-12/h2-4,9,12H,5,11H2,1H3. The SMILES string of the molecule is Cc1cc(SC(N)CO)ccc1F. The minimum absolute atomic E-state index is 0.0823. The van der Waals surface area contributed by atoms with Crippen LogP contribution >= 0.6 is 11.8 Å². The Balaban J connectivity index is 2.73. The third-order valence-electron chi connectivity index (χ3n) is 1.60. The highest BCUT2D eigenvalue weighted by Crippen LogP contribution is 2.22. The van der Waals surface area contributed by atoms with Crippen molar-refractivity contribution in [2.75, 3.05) is 6.61 Å². The van der Waals surface area contributed by atoms with Crippen molar-refractivity contribution in [1.29, 1.82) is 0 Å². The lowest BCUT2D eigenvalue weighted by atomic mass is 10.2. The van der Waals surface area contributed by atoms with Gasteiger partial charge in [0.15, 0.2) is 0 Å². The molecule has 0 aromatic heterocycles. The number of thioether (sulfide) groups is 1. The van der Waals surface area contributed by atoms with E-state index in [1.54, 1.807) is 19.1 Å². The van der Waals surface area contributed by atoms with Gasteiger partial charge >= 0.3 is 0 Å². The maximum atomic E-state index is 12.8. The van der Waals surface area contributed by atoms with E-state index in [2.05, 4.69) is 0 Å². The lowest BCUT2D eigenvalue weighted by molar-refractivity contribution is 0.296. The van der Waals surface area contributed by atoms with Crippen LogP contribution in [0.5, 0.6) is 0 Å². The summed E-state index contributed by atoms with van der Waals surface area (Å²) in [6.45, 7) is 1.62. The number of aliphatic hydroxyl groups is 1. The smallest absolute Gasteiger partial charge is 0.126 e. The highest BCUT2D eigenvalue weighted by molar-refractivity contribution is 7.99. The lowest BCUT2D eigenvalue weighted by Crippen LogP contribution is -2.19. The summed E-state index contributed by atoms with van der Waals surface area (Å²) in [6, 6.07) is 4.78. The quantitative estimate of drug-likeness (QED) is 0.575. The molecule has 72 valence electrons. The molecule has 0 aliphatic rings. The van der Waals surface area contributed by atoms with E-state index in [0.717, 1.165) is 4.90 Å². The topological polar surface area (TPSA) is 46.2 Å². The van der Waals surface area contributed by atoms with Gasteiger partial charge in [0.05, 0.1) is 12.0 Å². The second-order valence-electron chi connectivity index (χ2n) is 2.75. The van der Waals surface area contributed by atoms with Crippen LogP contribution in [-0.4, -0.2) is 17.1 Å². The van der Waals surface area contributed by atoms with E-state index in [-0.39, 0.29) is 17.8 Å². The molecule has 1 rings (SSSR count). The molecule has 1 unspecified atom stereocenters. The van der Waals surface area contributed by atoms with Crippen LogP contribution in [0.4, 0.5) is 4.39 Å². The Morgan fingerprint density at radius 2 is 2.31 bits per heavy atom. The van der Waals surface area contributed by atoms with Crippen molar-refractivity contribution in [3.63, 3.8) is 0 Å². The van der Waals surface area contributed by atoms with Crippen molar-refractivity contribution >= 4 is 11.8 Å². The third kappa shape index (κ3) is 2.99. The molecular formula is C9H12FNOS. The summed E-state index contributed by atoms with van der Waals surface area (Å²) in [5.74, 6) is -0.220. The van der Waals surface area contributed by atoms with Gasteiger partial charge in [0.25, 0.3) is 0 Å². The van der Waals surface area contributed by atoms with Gasteiger partial charge in [0.2, 0.25) is 0 Å². The Kier molecular flexibility index (Phi) is 3.71. The number of hydrogen-bond donors (Lipinski definition) is 2. The fraction of sp³-hybridized carbons (Fsp3) is 0.333. The minimum Gasteiger partial charge on any atom is -0.394 e. The summed E-state index contributed by atoms with van der Waals surface area (Å²) < 4.78 is 12.8. The van der Waals surface area contributed by atoms with Gasteiger partial charge in [-0.05, 0) is 30.7 Å². The number of rotatable bonds is 3. The molecule has 4 heteroatoms. The molecule has 1 aromatic carbocycles. The van der Waals surface area contributed by atoms with Crippen molar-refractivity contribution in [3.05, 3.63) is 29.6 Å². The molecule has 3 N–H and O–H groups in total. The number of aryl methyl sites for hydroxylation is 1. The van der Waals surface area contributed by atoms with Gasteiger partial charge in [-0.25, -0.2) is 4.39 Å². The molecule has 0 heterocycles. The van der Waals surface area contributed by atoms with Gasteiger partial charge in [0.1, 0.15) is 5.82 Å². The van der Waals surface area contributed by atoms with Crippen LogP contribution in [-0.2, 0) is 0 Å². The largest absolute Gasteiger partial charge is 0.394 e. The number of benzene rings is 1. The maximum absolute atomic E-state index is 12.8. The highest BCUT2D eigenvalue weighted by Gasteiger charge is 2.04. The van der Waals surface area contributed by atoms with Crippen LogP contribution in [0.3, 0.4) is 0 Å². The molecule has 0 radical (unpaired) electrons. The summed E-state index contributed by atoms with van der Waals surface area (Å²) >= 11 is 1.33. The molecule has 0 saturated carbocycles. The lowest BCUT2D eigenvalue weighted by Gasteiger charge is -2.08. The van der Waals surface area contributed by atoms with Gasteiger partial charge < -0.3 is 10.8 Å². The molecule has 0 saturated heterocycles. The molecule has 1 atom stereocenters. The molecule has 0 amide bonds. The second kappa shape index (κ2) is 4.60. The summed E-state index contributed by atoms with van der Waals surface area (Å²) in [5.41, 5.74) is 6.11. The normalized spacial score (nSPS) is 12.9. The van der Waals surface area contributed by atoms with E-state index in [1.165, 1.54) is 17.8 Å². The predicted octanol–water partition coefficient (Wildman–Crippen LogP) is 1.50. The van der Waals surface area contributed by atoms with Crippen LogP contribution in [0.2, 0.25) is 0 Å². The van der Waals surface area contributed by atoms with Crippen molar-refractivity contribution < 1.29 is 9.50 Å². The Labute approximate surface area is 80.9 Å². The molecule has 0 spiro atoms. The van der Waals surface area contributed by atoms with Crippen molar-refractivity contribution in [2.24, 2.45) is 5.73 Å². The molecule has 0 bridgehead atoms. The molecule has 0 aliphatic heterocycles. The first kappa shape index (κ1) is 10.5. The van der Waals surface area contributed by atoms with E-state index in [0.29, 0.717) is 5.56 Å². The van der Waals surface area contributed by atoms with E-state index in [9.17, 15) is 4.39 Å². The monoisotopic (exact) mass is 201 g/mol. The fourth-order valence-electron chi connectivity index (χ4n) is 0.903. The summed E-state index contributed by atoms with van der Waals surface area (Å²) in [7, 11) is 0. The summed E-state index contributed by atoms with van der Waals surface area (Å²) in [4.78, 5) is 0.875. The third-order valence-corrected chi connectivity index (χ3v) is 2.57. The average Bonchev–Trinajstić information content (AvgIpc) is 2.11. The van der Waals surface area contributed by atoms with Gasteiger partial charge in [-0.2, -0.15) is 0 Å². The van der Waals surface area contributed by atoms with E-state index in [4.69, 9.17) is 10.8 Å². The highest BCUT2D eigenvalue weighted by atomic mass is 32.2. The van der Waals surface area contributed by atoms with Crippen molar-refractivity contribution in [1.82, 2.24) is 0 Å². The molecule has 13 heavy (non-hydrogen) atoms. The first-order chi connectivity index (χ1) is 6.13. The van der Waals surface area contributed by atoms with Crippen molar-refractivity contribution in [2.45, 2.75) is 17.2 Å². The molecule has 0 aliphatic carbocycles. The van der Waals surface area contributed by atoms with Crippen molar-refractivity contribution in [3.8, 4) is 0 Å². The van der Waals surface area contributed by atoms with Crippen LogP contribution < -0.4 is 5.73 Å². The first-order valence-corrected chi connectivity index (χ1v) is 4.80. The molecule has 2 nitrogen and oxygen atoms in total. The number of aliphatic hydroxyl groups excluding tert-OH is 1. The summed E-state index contributed by atoms with van der Waals surface area (Å²) in [5, 5.41) is 8.36. The van der Waals surface area contributed by atoms with Gasteiger partial charge in [-0.3, -0.25) is 0 Å². The maximum Gasteiger partial charge on any atom is 0.126 e.